The molecule has 1 aromatic carbocycles. The first-order chi connectivity index (χ1) is 10.3. The zero-order chi connectivity index (χ0) is 16.6. The van der Waals surface area contributed by atoms with Crippen LogP contribution in [0.3, 0.4) is 0 Å². The van der Waals surface area contributed by atoms with E-state index < -0.39 is 9.84 Å². The number of nitrogens with zero attached hydrogens (tertiary/aromatic N) is 1. The monoisotopic (exact) mass is 325 g/mol. The Morgan fingerprint density at radius 2 is 1.91 bits per heavy atom. The number of nitrogens with two attached hydrogens (primary N) is 1. The van der Waals surface area contributed by atoms with Crippen LogP contribution in [0.4, 0.5) is 0 Å². The van der Waals surface area contributed by atoms with Crippen molar-refractivity contribution in [2.75, 3.05) is 12.3 Å². The molecule has 0 bridgehead atoms. The minimum absolute atomic E-state index is 0.00785. The molecule has 3 N–H and O–H groups in total. The van der Waals surface area contributed by atoms with Crippen LogP contribution in [-0.4, -0.2) is 32.7 Å². The largest absolute Gasteiger partial charge is 0.370 e. The summed E-state index contributed by atoms with van der Waals surface area (Å²) in [6, 6.07) is 8.23. The number of rotatable bonds is 8. The van der Waals surface area contributed by atoms with Gasteiger partial charge >= 0.3 is 0 Å². The van der Waals surface area contributed by atoms with E-state index in [0.717, 1.165) is 6.42 Å². The number of aliphatic imine (C=N–C) groups is 1. The predicted octanol–water partition coefficient (Wildman–Crippen LogP) is 2.19. The van der Waals surface area contributed by atoms with Gasteiger partial charge in [0.05, 0.1) is 10.6 Å². The first-order valence-corrected chi connectivity index (χ1v) is 9.34. The maximum Gasteiger partial charge on any atom is 0.188 e. The molecule has 1 unspecified atom stereocenters. The average molecular weight is 325 g/mol. The summed E-state index contributed by atoms with van der Waals surface area (Å²) >= 11 is 0. The molecular weight excluding hydrogens is 298 g/mol. The van der Waals surface area contributed by atoms with Gasteiger partial charge in [0.15, 0.2) is 15.8 Å². The molecule has 0 amide bonds. The fourth-order valence-electron chi connectivity index (χ4n) is 1.95. The smallest absolute Gasteiger partial charge is 0.188 e. The van der Waals surface area contributed by atoms with Crippen LogP contribution in [0.5, 0.6) is 0 Å². The van der Waals surface area contributed by atoms with Gasteiger partial charge in [-0.3, -0.25) is 4.99 Å². The third kappa shape index (κ3) is 6.47. The fraction of sp³-hybridized carbons (Fsp3) is 0.562. The van der Waals surface area contributed by atoms with E-state index in [4.69, 9.17) is 5.73 Å². The van der Waals surface area contributed by atoms with E-state index in [-0.39, 0.29) is 11.8 Å². The zero-order valence-corrected chi connectivity index (χ0v) is 14.4. The van der Waals surface area contributed by atoms with Gasteiger partial charge in [0.2, 0.25) is 0 Å². The van der Waals surface area contributed by atoms with Crippen LogP contribution in [-0.2, 0) is 9.84 Å². The lowest BCUT2D eigenvalue weighted by Gasteiger charge is -2.18. The molecule has 0 aromatic heterocycles. The van der Waals surface area contributed by atoms with Crippen molar-refractivity contribution in [1.29, 1.82) is 0 Å². The van der Waals surface area contributed by atoms with Crippen molar-refractivity contribution in [3.8, 4) is 0 Å². The normalized spacial score (nSPS) is 14.1. The van der Waals surface area contributed by atoms with E-state index in [1.54, 1.807) is 30.3 Å². The van der Waals surface area contributed by atoms with Crippen LogP contribution in [0.25, 0.3) is 0 Å². The third-order valence-electron chi connectivity index (χ3n) is 3.36. The van der Waals surface area contributed by atoms with Crippen molar-refractivity contribution >= 4 is 15.8 Å². The Hall–Kier alpha value is -1.56. The number of hydrogen-bond acceptors (Lipinski definition) is 3. The highest BCUT2D eigenvalue weighted by Crippen LogP contribution is 2.12. The Kier molecular flexibility index (Phi) is 7.38. The van der Waals surface area contributed by atoms with Gasteiger partial charge in [-0.2, -0.15) is 0 Å². The van der Waals surface area contributed by atoms with E-state index in [2.05, 4.69) is 24.2 Å². The number of nitrogens with one attached hydrogen (secondary N) is 1. The first kappa shape index (κ1) is 18.5. The van der Waals surface area contributed by atoms with Crippen LogP contribution in [0, 0.1) is 5.92 Å². The second-order valence-corrected chi connectivity index (χ2v) is 7.83. The molecule has 6 heteroatoms. The summed E-state index contributed by atoms with van der Waals surface area (Å²) in [4.78, 5) is 4.58. The molecule has 0 spiro atoms. The molecule has 0 radical (unpaired) electrons. The Balaban J connectivity index is 2.65. The Labute approximate surface area is 133 Å². The van der Waals surface area contributed by atoms with Gasteiger partial charge in [-0.05, 0) is 30.9 Å². The van der Waals surface area contributed by atoms with Crippen molar-refractivity contribution in [3.05, 3.63) is 30.3 Å². The molecule has 124 valence electrons. The van der Waals surface area contributed by atoms with Crippen LogP contribution in [0.1, 0.15) is 33.6 Å². The molecule has 1 atom stereocenters. The van der Waals surface area contributed by atoms with Crippen LogP contribution < -0.4 is 11.1 Å². The van der Waals surface area contributed by atoms with Crippen molar-refractivity contribution in [3.63, 3.8) is 0 Å². The summed E-state index contributed by atoms with van der Waals surface area (Å²) in [5.41, 5.74) is 5.84. The highest BCUT2D eigenvalue weighted by atomic mass is 32.2. The molecule has 1 rings (SSSR count). The number of hydrogen-bond donors (Lipinski definition) is 2. The van der Waals surface area contributed by atoms with Gasteiger partial charge in [0.25, 0.3) is 0 Å². The number of sulfone groups is 1. The summed E-state index contributed by atoms with van der Waals surface area (Å²) in [6.45, 7) is 6.83. The predicted molar refractivity (Wildman–Crippen MR) is 91.7 cm³/mol. The average Bonchev–Trinajstić information content (AvgIpc) is 2.46. The maximum absolute atomic E-state index is 12.4. The Bertz CT molecular complexity index is 568. The second kappa shape index (κ2) is 8.78. The van der Waals surface area contributed by atoms with Crippen LogP contribution in [0.2, 0.25) is 0 Å². The molecule has 0 aliphatic heterocycles. The molecule has 0 aliphatic carbocycles. The summed E-state index contributed by atoms with van der Waals surface area (Å²) in [6.07, 6.45) is 1.62. The minimum atomic E-state index is -3.32. The van der Waals surface area contributed by atoms with Crippen molar-refractivity contribution < 1.29 is 8.42 Å². The molecule has 5 nitrogen and oxygen atoms in total. The van der Waals surface area contributed by atoms with Gasteiger partial charge in [-0.15, -0.1) is 0 Å². The molecule has 0 saturated heterocycles. The lowest BCUT2D eigenvalue weighted by Crippen LogP contribution is -2.43. The van der Waals surface area contributed by atoms with Crippen molar-refractivity contribution in [2.45, 2.75) is 44.6 Å². The van der Waals surface area contributed by atoms with E-state index in [1.165, 1.54) is 0 Å². The summed E-state index contributed by atoms with van der Waals surface area (Å²) in [7, 11) is -3.32. The molecule has 0 aliphatic rings. The van der Waals surface area contributed by atoms with Crippen molar-refractivity contribution in [1.82, 2.24) is 5.32 Å². The van der Waals surface area contributed by atoms with Gasteiger partial charge in [0.1, 0.15) is 0 Å². The second-order valence-electron chi connectivity index (χ2n) is 5.79. The van der Waals surface area contributed by atoms with E-state index >= 15 is 0 Å². The van der Waals surface area contributed by atoms with Crippen LogP contribution in [0.15, 0.2) is 40.2 Å². The highest BCUT2D eigenvalue weighted by molar-refractivity contribution is 7.91. The van der Waals surface area contributed by atoms with Gasteiger partial charge in [0, 0.05) is 12.6 Å². The molecular formula is C16H27N3O2S. The quantitative estimate of drug-likeness (QED) is 0.567. The first-order valence-electron chi connectivity index (χ1n) is 7.69. The minimum Gasteiger partial charge on any atom is -0.370 e. The third-order valence-corrected chi connectivity index (χ3v) is 5.19. The number of benzene rings is 1. The Morgan fingerprint density at radius 1 is 1.27 bits per heavy atom. The van der Waals surface area contributed by atoms with Gasteiger partial charge in [-0.25, -0.2) is 8.42 Å². The standard InChI is InChI=1S/C16H27N3O2S/c1-4-14(19-16(17)18-11-10-13(2)3)12-22(20,21)15-8-6-5-7-9-15/h5-9,13-14H,4,10-12H2,1-3H3,(H3,17,18,19). The van der Waals surface area contributed by atoms with Gasteiger partial charge < -0.3 is 11.1 Å². The van der Waals surface area contributed by atoms with E-state index in [9.17, 15) is 8.42 Å². The topological polar surface area (TPSA) is 84.5 Å². The summed E-state index contributed by atoms with van der Waals surface area (Å²) in [5.74, 6) is 0.890. The fourth-order valence-corrected chi connectivity index (χ4v) is 3.56. The Morgan fingerprint density at radius 3 is 2.45 bits per heavy atom. The zero-order valence-electron chi connectivity index (χ0n) is 13.6. The van der Waals surface area contributed by atoms with E-state index in [0.29, 0.717) is 29.7 Å². The van der Waals surface area contributed by atoms with E-state index in [1.807, 2.05) is 6.92 Å². The SMILES string of the molecule is CCC(CS(=O)(=O)c1ccccc1)NC(N)=NCCC(C)C. The van der Waals surface area contributed by atoms with Gasteiger partial charge in [-0.1, -0.05) is 39.0 Å². The van der Waals surface area contributed by atoms with Crippen molar-refractivity contribution in [2.24, 2.45) is 16.6 Å². The maximum atomic E-state index is 12.4. The summed E-state index contributed by atoms with van der Waals surface area (Å²) in [5, 5.41) is 3.01. The molecule has 0 heterocycles. The lowest BCUT2D eigenvalue weighted by molar-refractivity contribution is 0.569. The molecule has 0 saturated carbocycles. The molecule has 0 fully saturated rings. The lowest BCUT2D eigenvalue weighted by atomic mass is 10.1. The molecule has 1 aromatic rings. The summed E-state index contributed by atoms with van der Waals surface area (Å²) < 4.78 is 24.7. The number of guanidine groups is 1. The highest BCUT2D eigenvalue weighted by Gasteiger charge is 2.20. The molecule has 22 heavy (non-hydrogen) atoms. The van der Waals surface area contributed by atoms with Crippen LogP contribution >= 0.6 is 0 Å².